The summed E-state index contributed by atoms with van der Waals surface area (Å²) in [6, 6.07) is -0.260. The van der Waals surface area contributed by atoms with Gasteiger partial charge in [0.1, 0.15) is 0 Å². The summed E-state index contributed by atoms with van der Waals surface area (Å²) in [5.74, 6) is 0.523. The first kappa shape index (κ1) is 17.8. The van der Waals surface area contributed by atoms with Crippen LogP contribution in [-0.4, -0.2) is 50.2 Å². The van der Waals surface area contributed by atoms with Crippen LogP contribution < -0.4 is 11.1 Å². The maximum Gasteiger partial charge on any atom is 0.317 e. The molecule has 0 aromatic carbocycles. The number of amides is 3. The van der Waals surface area contributed by atoms with E-state index in [1.54, 1.807) is 4.90 Å². The van der Waals surface area contributed by atoms with Crippen molar-refractivity contribution in [1.29, 1.82) is 0 Å². The third kappa shape index (κ3) is 3.98. The Morgan fingerprint density at radius 2 is 2.12 bits per heavy atom. The van der Waals surface area contributed by atoms with E-state index >= 15 is 0 Å². The van der Waals surface area contributed by atoms with E-state index in [1.807, 2.05) is 13.8 Å². The summed E-state index contributed by atoms with van der Waals surface area (Å²) in [7, 11) is 0. The number of nitrogens with one attached hydrogen (secondary N) is 1. The van der Waals surface area contributed by atoms with Crippen LogP contribution in [0.2, 0.25) is 0 Å². The molecular formula is C15H21N7O4. The number of piperidine rings is 1. The Morgan fingerprint density at radius 1 is 1.31 bits per heavy atom. The highest BCUT2D eigenvalue weighted by molar-refractivity contribution is 5.87. The molecule has 1 aliphatic rings. The van der Waals surface area contributed by atoms with Crippen LogP contribution in [0.25, 0.3) is 0 Å². The standard InChI is InChI=1S/C15H21N7O4/c1-8(2)12-19-13(25-21-12)9-4-3-5-22(7-9)15(24)17-6-10-18-14(11(16)23)26-20-10/h8-9H,3-7H2,1-2H3,(H2,16,23)(H,17,24). The molecule has 26 heavy (non-hydrogen) atoms. The summed E-state index contributed by atoms with van der Waals surface area (Å²) in [6.07, 6.45) is 1.72. The zero-order valence-corrected chi connectivity index (χ0v) is 14.6. The number of rotatable bonds is 5. The number of hydrogen-bond donors (Lipinski definition) is 2. The predicted molar refractivity (Wildman–Crippen MR) is 87.0 cm³/mol. The fourth-order valence-corrected chi connectivity index (χ4v) is 2.70. The van der Waals surface area contributed by atoms with Crippen LogP contribution in [0.5, 0.6) is 0 Å². The average molecular weight is 363 g/mol. The summed E-state index contributed by atoms with van der Waals surface area (Å²) in [4.78, 5) is 33.2. The minimum absolute atomic E-state index is 0.0149. The van der Waals surface area contributed by atoms with E-state index in [0.29, 0.717) is 24.8 Å². The molecule has 0 bridgehead atoms. The molecule has 0 aliphatic carbocycles. The van der Waals surface area contributed by atoms with Crippen molar-refractivity contribution in [3.8, 4) is 0 Å². The topological polar surface area (TPSA) is 153 Å². The van der Waals surface area contributed by atoms with Gasteiger partial charge in [-0.1, -0.05) is 24.2 Å². The van der Waals surface area contributed by atoms with Gasteiger partial charge in [0.05, 0.1) is 12.5 Å². The van der Waals surface area contributed by atoms with Crippen molar-refractivity contribution in [3.63, 3.8) is 0 Å². The second-order valence-electron chi connectivity index (χ2n) is 6.47. The number of primary amides is 1. The van der Waals surface area contributed by atoms with E-state index in [-0.39, 0.29) is 36.1 Å². The zero-order valence-electron chi connectivity index (χ0n) is 14.6. The maximum absolute atomic E-state index is 12.4. The van der Waals surface area contributed by atoms with Crippen molar-refractivity contribution in [2.45, 2.75) is 45.1 Å². The molecular weight excluding hydrogens is 342 g/mol. The van der Waals surface area contributed by atoms with Gasteiger partial charge in [-0.3, -0.25) is 4.79 Å². The van der Waals surface area contributed by atoms with Crippen LogP contribution in [0.1, 0.15) is 66.7 Å². The molecule has 3 rings (SSSR count). The Labute approximate surface area is 149 Å². The average Bonchev–Trinajstić information content (AvgIpc) is 3.29. The van der Waals surface area contributed by atoms with Crippen LogP contribution >= 0.6 is 0 Å². The van der Waals surface area contributed by atoms with Gasteiger partial charge in [-0.15, -0.1) is 0 Å². The summed E-state index contributed by atoms with van der Waals surface area (Å²) in [5, 5.41) is 10.3. The molecule has 11 nitrogen and oxygen atoms in total. The third-order valence-corrected chi connectivity index (χ3v) is 4.11. The number of nitrogens with zero attached hydrogens (tertiary/aromatic N) is 5. The molecule has 3 amide bonds. The van der Waals surface area contributed by atoms with Gasteiger partial charge in [-0.05, 0) is 12.8 Å². The monoisotopic (exact) mass is 363 g/mol. The largest absolute Gasteiger partial charge is 0.361 e. The lowest BCUT2D eigenvalue weighted by atomic mass is 9.98. The molecule has 0 radical (unpaired) electrons. The first-order valence-corrected chi connectivity index (χ1v) is 8.42. The lowest BCUT2D eigenvalue weighted by Gasteiger charge is -2.30. The molecule has 140 valence electrons. The Balaban J connectivity index is 1.56. The SMILES string of the molecule is CC(C)c1noc(C2CCCN(C(=O)NCc3noc(C(N)=O)n3)C2)n1. The molecule has 2 aromatic heterocycles. The molecule has 1 aliphatic heterocycles. The number of urea groups is 1. The van der Waals surface area contributed by atoms with E-state index < -0.39 is 5.91 Å². The van der Waals surface area contributed by atoms with Crippen molar-refractivity contribution in [2.75, 3.05) is 13.1 Å². The van der Waals surface area contributed by atoms with Crippen LogP contribution in [0.15, 0.2) is 9.05 Å². The molecule has 1 unspecified atom stereocenters. The molecule has 1 saturated heterocycles. The van der Waals surface area contributed by atoms with Crippen molar-refractivity contribution in [3.05, 3.63) is 23.4 Å². The third-order valence-electron chi connectivity index (χ3n) is 4.11. The van der Waals surface area contributed by atoms with Gasteiger partial charge in [0.25, 0.3) is 0 Å². The second-order valence-corrected chi connectivity index (χ2v) is 6.47. The van der Waals surface area contributed by atoms with Gasteiger partial charge in [0.2, 0.25) is 5.89 Å². The van der Waals surface area contributed by atoms with E-state index in [2.05, 4.69) is 30.1 Å². The molecule has 11 heteroatoms. The number of hydrogen-bond acceptors (Lipinski definition) is 8. The summed E-state index contributed by atoms with van der Waals surface area (Å²) in [5.41, 5.74) is 5.04. The molecule has 2 aromatic rings. The Morgan fingerprint density at radius 3 is 2.77 bits per heavy atom. The van der Waals surface area contributed by atoms with E-state index in [1.165, 1.54) is 0 Å². The van der Waals surface area contributed by atoms with Crippen molar-refractivity contribution in [1.82, 2.24) is 30.5 Å². The quantitative estimate of drug-likeness (QED) is 0.789. The van der Waals surface area contributed by atoms with Gasteiger partial charge in [-0.2, -0.15) is 9.97 Å². The lowest BCUT2D eigenvalue weighted by Crippen LogP contribution is -2.44. The molecule has 0 spiro atoms. The van der Waals surface area contributed by atoms with Gasteiger partial charge < -0.3 is 25.0 Å². The van der Waals surface area contributed by atoms with Crippen LogP contribution in [-0.2, 0) is 6.54 Å². The summed E-state index contributed by atoms with van der Waals surface area (Å²) in [6.45, 7) is 5.15. The number of nitrogens with two attached hydrogens (primary N) is 1. The lowest BCUT2D eigenvalue weighted by molar-refractivity contribution is 0.0958. The second kappa shape index (κ2) is 7.50. The van der Waals surface area contributed by atoms with Crippen LogP contribution in [0.4, 0.5) is 4.79 Å². The highest BCUT2D eigenvalue weighted by Crippen LogP contribution is 2.26. The summed E-state index contributed by atoms with van der Waals surface area (Å²) < 4.78 is 10.0. The molecule has 3 N–H and O–H groups in total. The number of carbonyl (C=O) groups is 2. The van der Waals surface area contributed by atoms with Gasteiger partial charge in [0.15, 0.2) is 11.6 Å². The normalized spacial score (nSPS) is 17.5. The molecule has 3 heterocycles. The van der Waals surface area contributed by atoms with E-state index in [0.717, 1.165) is 12.8 Å². The highest BCUT2D eigenvalue weighted by Gasteiger charge is 2.29. The number of carbonyl (C=O) groups excluding carboxylic acids is 2. The Kier molecular flexibility index (Phi) is 5.14. The zero-order chi connectivity index (χ0) is 18.7. The Bertz CT molecular complexity index is 785. The van der Waals surface area contributed by atoms with Crippen molar-refractivity contribution < 1.29 is 18.6 Å². The minimum atomic E-state index is -0.811. The first-order valence-electron chi connectivity index (χ1n) is 8.42. The summed E-state index contributed by atoms with van der Waals surface area (Å²) >= 11 is 0. The van der Waals surface area contributed by atoms with Gasteiger partial charge in [0, 0.05) is 19.0 Å². The van der Waals surface area contributed by atoms with Crippen molar-refractivity contribution in [2.24, 2.45) is 5.73 Å². The van der Waals surface area contributed by atoms with E-state index in [9.17, 15) is 9.59 Å². The van der Waals surface area contributed by atoms with Crippen LogP contribution in [0, 0.1) is 0 Å². The maximum atomic E-state index is 12.4. The molecule has 1 fully saturated rings. The van der Waals surface area contributed by atoms with Crippen LogP contribution in [0.3, 0.4) is 0 Å². The highest BCUT2D eigenvalue weighted by atomic mass is 16.5. The van der Waals surface area contributed by atoms with Gasteiger partial charge in [-0.25, -0.2) is 4.79 Å². The number of likely N-dealkylation sites (tertiary alicyclic amines) is 1. The molecule has 1 atom stereocenters. The number of aromatic nitrogens is 4. The predicted octanol–water partition coefficient (Wildman–Crippen LogP) is 0.764. The Hall–Kier alpha value is -2.98. The first-order chi connectivity index (χ1) is 12.4. The van der Waals surface area contributed by atoms with E-state index in [4.69, 9.17) is 10.3 Å². The van der Waals surface area contributed by atoms with Gasteiger partial charge >= 0.3 is 17.8 Å². The molecule has 0 saturated carbocycles. The van der Waals surface area contributed by atoms with Crippen molar-refractivity contribution >= 4 is 11.9 Å². The minimum Gasteiger partial charge on any atom is -0.361 e. The fraction of sp³-hybridized carbons (Fsp3) is 0.600. The fourth-order valence-electron chi connectivity index (χ4n) is 2.70. The smallest absolute Gasteiger partial charge is 0.317 e.